The molecule has 0 atom stereocenters. The molecule has 0 saturated heterocycles. The summed E-state index contributed by atoms with van der Waals surface area (Å²) in [6, 6.07) is 27.7. The molecule has 5 aromatic rings. The maximum Gasteiger partial charge on any atom is 0.113 e. The summed E-state index contributed by atoms with van der Waals surface area (Å²) in [4.78, 5) is 4.52. The van der Waals surface area contributed by atoms with Gasteiger partial charge in [-0.3, -0.25) is 4.98 Å². The fourth-order valence-corrected chi connectivity index (χ4v) is 4.89. The van der Waals surface area contributed by atoms with Crippen LogP contribution in [0.15, 0.2) is 91.3 Å². The van der Waals surface area contributed by atoms with Crippen molar-refractivity contribution in [1.82, 2.24) is 20.0 Å². The predicted octanol–water partition coefficient (Wildman–Crippen LogP) is 6.61. The van der Waals surface area contributed by atoms with E-state index < -0.39 is 0 Å². The number of benzene rings is 3. The second-order valence-electron chi connectivity index (χ2n) is 9.25. The average molecular weight is 429 g/mol. The summed E-state index contributed by atoms with van der Waals surface area (Å²) in [5.74, 6) is 0. The van der Waals surface area contributed by atoms with E-state index in [1.165, 1.54) is 27.8 Å². The molecule has 0 fully saturated rings. The van der Waals surface area contributed by atoms with E-state index in [1.54, 1.807) is 0 Å². The number of hydrogen-bond acceptors (Lipinski definition) is 3. The highest BCUT2D eigenvalue weighted by Crippen LogP contribution is 2.49. The van der Waals surface area contributed by atoms with Gasteiger partial charge in [-0.15, -0.1) is 5.10 Å². The van der Waals surface area contributed by atoms with Gasteiger partial charge >= 0.3 is 0 Å². The van der Waals surface area contributed by atoms with Crippen LogP contribution in [0.2, 0.25) is 0 Å². The molecule has 0 amide bonds. The van der Waals surface area contributed by atoms with Crippen LogP contribution in [-0.2, 0) is 5.41 Å². The first-order valence-electron chi connectivity index (χ1n) is 11.2. The molecule has 1 aliphatic rings. The lowest BCUT2D eigenvalue weighted by molar-refractivity contribution is 0.660. The van der Waals surface area contributed by atoms with Crippen LogP contribution in [0.5, 0.6) is 0 Å². The zero-order chi connectivity index (χ0) is 22.6. The monoisotopic (exact) mass is 428 g/mol. The highest BCUT2D eigenvalue weighted by molar-refractivity contribution is 5.83. The Balaban J connectivity index is 1.37. The molecule has 2 aromatic heterocycles. The van der Waals surface area contributed by atoms with Crippen molar-refractivity contribution in [2.45, 2.75) is 26.2 Å². The van der Waals surface area contributed by atoms with Gasteiger partial charge < -0.3 is 0 Å². The van der Waals surface area contributed by atoms with Crippen molar-refractivity contribution in [1.29, 1.82) is 0 Å². The Morgan fingerprint density at radius 3 is 2.42 bits per heavy atom. The summed E-state index contributed by atoms with van der Waals surface area (Å²) < 4.78 is 1.84. The van der Waals surface area contributed by atoms with Gasteiger partial charge in [0.25, 0.3) is 0 Å². The number of rotatable bonds is 3. The van der Waals surface area contributed by atoms with Crippen LogP contribution in [-0.4, -0.2) is 20.0 Å². The Kier molecular flexibility index (Phi) is 4.31. The molecule has 4 nitrogen and oxygen atoms in total. The minimum atomic E-state index is -0.0346. The van der Waals surface area contributed by atoms with Gasteiger partial charge in [0.15, 0.2) is 0 Å². The Morgan fingerprint density at radius 2 is 1.55 bits per heavy atom. The molecule has 3 aromatic carbocycles. The van der Waals surface area contributed by atoms with Crippen molar-refractivity contribution in [3.63, 3.8) is 0 Å². The quantitative estimate of drug-likeness (QED) is 0.325. The third-order valence-electron chi connectivity index (χ3n) is 6.69. The van der Waals surface area contributed by atoms with E-state index in [-0.39, 0.29) is 5.41 Å². The highest BCUT2D eigenvalue weighted by atomic mass is 15.4. The molecule has 6 rings (SSSR count). The van der Waals surface area contributed by atoms with Crippen LogP contribution in [0.3, 0.4) is 0 Å². The highest BCUT2D eigenvalue weighted by Gasteiger charge is 2.35. The molecule has 0 saturated carbocycles. The van der Waals surface area contributed by atoms with Crippen molar-refractivity contribution in [3.05, 3.63) is 108 Å². The lowest BCUT2D eigenvalue weighted by Crippen LogP contribution is -2.14. The first-order chi connectivity index (χ1) is 16.0. The molecule has 0 radical (unpaired) electrons. The maximum atomic E-state index is 4.52. The van der Waals surface area contributed by atoms with Crippen LogP contribution in [0, 0.1) is 6.92 Å². The third-order valence-corrected chi connectivity index (χ3v) is 6.69. The van der Waals surface area contributed by atoms with E-state index in [2.05, 4.69) is 96.7 Å². The van der Waals surface area contributed by atoms with Gasteiger partial charge in [0, 0.05) is 22.7 Å². The van der Waals surface area contributed by atoms with Crippen molar-refractivity contribution in [2.75, 3.05) is 0 Å². The molecule has 160 valence electrons. The standard InChI is InChI=1S/C29H24N4/c1-19-13-14-30-27(15-19)20-7-6-8-22(16-20)33-18-28(31-32-33)21-11-12-24-23-9-4-5-10-25(23)29(2,3)26(24)17-21/h4-18H,1-3H3. The topological polar surface area (TPSA) is 43.6 Å². The van der Waals surface area contributed by atoms with E-state index in [0.29, 0.717) is 0 Å². The molecule has 4 heteroatoms. The molecule has 0 aliphatic heterocycles. The number of aryl methyl sites for hydroxylation is 1. The van der Waals surface area contributed by atoms with E-state index in [4.69, 9.17) is 0 Å². The lowest BCUT2D eigenvalue weighted by Gasteiger charge is -2.21. The molecule has 1 aliphatic carbocycles. The summed E-state index contributed by atoms with van der Waals surface area (Å²) in [5.41, 5.74) is 11.4. The van der Waals surface area contributed by atoms with Crippen molar-refractivity contribution >= 4 is 0 Å². The molecule has 2 heterocycles. The van der Waals surface area contributed by atoms with Gasteiger partial charge in [0.2, 0.25) is 0 Å². The van der Waals surface area contributed by atoms with Crippen molar-refractivity contribution in [3.8, 4) is 39.3 Å². The normalized spacial score (nSPS) is 13.5. The van der Waals surface area contributed by atoms with E-state index in [0.717, 1.165) is 28.2 Å². The van der Waals surface area contributed by atoms with Gasteiger partial charge in [-0.2, -0.15) is 0 Å². The second kappa shape index (κ2) is 7.24. The average Bonchev–Trinajstić information content (AvgIpc) is 3.42. The van der Waals surface area contributed by atoms with Gasteiger partial charge in [-0.05, 0) is 65.1 Å². The first-order valence-corrected chi connectivity index (χ1v) is 11.2. The van der Waals surface area contributed by atoms with Gasteiger partial charge in [-0.25, -0.2) is 4.68 Å². The molecule has 0 N–H and O–H groups in total. The van der Waals surface area contributed by atoms with Gasteiger partial charge in [0.05, 0.1) is 17.6 Å². The zero-order valence-electron chi connectivity index (χ0n) is 18.9. The molecular weight excluding hydrogens is 404 g/mol. The minimum Gasteiger partial charge on any atom is -0.256 e. The zero-order valence-corrected chi connectivity index (χ0v) is 18.9. The van der Waals surface area contributed by atoms with E-state index >= 15 is 0 Å². The maximum absolute atomic E-state index is 4.52. The summed E-state index contributed by atoms with van der Waals surface area (Å²) in [6.07, 6.45) is 3.85. The largest absolute Gasteiger partial charge is 0.256 e. The molecule has 0 unspecified atom stereocenters. The SMILES string of the molecule is Cc1ccnc(-c2cccc(-n3cc(-c4ccc5c(c4)C(C)(C)c4ccccc4-5)nn3)c2)c1. The Labute approximate surface area is 193 Å². The number of nitrogens with zero attached hydrogens (tertiary/aromatic N) is 4. The summed E-state index contributed by atoms with van der Waals surface area (Å²) in [5, 5.41) is 8.93. The molecule has 0 spiro atoms. The smallest absolute Gasteiger partial charge is 0.113 e. The lowest BCUT2D eigenvalue weighted by atomic mass is 9.82. The van der Waals surface area contributed by atoms with Crippen LogP contribution in [0.25, 0.3) is 39.3 Å². The Bertz CT molecular complexity index is 1510. The number of pyridine rings is 1. The third kappa shape index (κ3) is 3.18. The van der Waals surface area contributed by atoms with E-state index in [1.807, 2.05) is 35.3 Å². The van der Waals surface area contributed by atoms with E-state index in [9.17, 15) is 0 Å². The van der Waals surface area contributed by atoms with Gasteiger partial charge in [-0.1, -0.05) is 67.6 Å². The van der Waals surface area contributed by atoms with Crippen LogP contribution >= 0.6 is 0 Å². The first kappa shape index (κ1) is 19.6. The fraction of sp³-hybridized carbons (Fsp3) is 0.138. The van der Waals surface area contributed by atoms with Crippen LogP contribution in [0.1, 0.15) is 30.5 Å². The summed E-state index contributed by atoms with van der Waals surface area (Å²) in [6.45, 7) is 6.67. The number of aromatic nitrogens is 4. The predicted molar refractivity (Wildman–Crippen MR) is 132 cm³/mol. The number of fused-ring (bicyclic) bond motifs is 3. The summed E-state index contributed by atoms with van der Waals surface area (Å²) in [7, 11) is 0. The molecule has 0 bridgehead atoms. The van der Waals surface area contributed by atoms with Crippen molar-refractivity contribution in [2.24, 2.45) is 0 Å². The summed E-state index contributed by atoms with van der Waals surface area (Å²) >= 11 is 0. The van der Waals surface area contributed by atoms with Crippen LogP contribution in [0.4, 0.5) is 0 Å². The fourth-order valence-electron chi connectivity index (χ4n) is 4.89. The van der Waals surface area contributed by atoms with Crippen LogP contribution < -0.4 is 0 Å². The minimum absolute atomic E-state index is 0.0346. The van der Waals surface area contributed by atoms with Crippen molar-refractivity contribution < 1.29 is 0 Å². The van der Waals surface area contributed by atoms with Gasteiger partial charge in [0.1, 0.15) is 5.69 Å². The molecule has 33 heavy (non-hydrogen) atoms. The molecular formula is C29H24N4. The second-order valence-corrected chi connectivity index (χ2v) is 9.25. The Morgan fingerprint density at radius 1 is 0.727 bits per heavy atom. The Hall–Kier alpha value is -4.05. The number of hydrogen-bond donors (Lipinski definition) is 0.